The molecular formula is C9H6INO2S. The lowest BCUT2D eigenvalue weighted by Crippen LogP contribution is -1.90. The summed E-state index contributed by atoms with van der Waals surface area (Å²) in [6, 6.07) is 5.55. The highest BCUT2D eigenvalue weighted by Gasteiger charge is 2.13. The fourth-order valence-corrected chi connectivity index (χ4v) is 2.95. The van der Waals surface area contributed by atoms with Crippen LogP contribution in [0.3, 0.4) is 0 Å². The van der Waals surface area contributed by atoms with Gasteiger partial charge in [-0.1, -0.05) is 0 Å². The summed E-state index contributed by atoms with van der Waals surface area (Å²) in [4.78, 5) is 11.5. The van der Waals surface area contributed by atoms with Crippen molar-refractivity contribution >= 4 is 49.7 Å². The number of nitrogens with zero attached hydrogens (tertiary/aromatic N) is 1. The van der Waals surface area contributed by atoms with Crippen molar-refractivity contribution < 1.29 is 4.92 Å². The maximum Gasteiger partial charge on any atom is 0.284 e. The third-order valence-corrected chi connectivity index (χ3v) is 3.78. The minimum atomic E-state index is -0.337. The van der Waals surface area contributed by atoms with Crippen molar-refractivity contribution in [2.45, 2.75) is 6.92 Å². The molecular weight excluding hydrogens is 313 g/mol. The lowest BCUT2D eigenvalue weighted by atomic mass is 10.2. The van der Waals surface area contributed by atoms with Crippen LogP contribution < -0.4 is 0 Å². The molecule has 0 saturated heterocycles. The van der Waals surface area contributed by atoms with E-state index < -0.39 is 0 Å². The highest BCUT2D eigenvalue weighted by atomic mass is 127. The minimum absolute atomic E-state index is 0.194. The topological polar surface area (TPSA) is 43.1 Å². The molecule has 0 unspecified atom stereocenters. The van der Waals surface area contributed by atoms with Crippen molar-refractivity contribution in [2.24, 2.45) is 0 Å². The molecule has 3 nitrogen and oxygen atoms in total. The summed E-state index contributed by atoms with van der Waals surface area (Å²) in [5.74, 6) is 0. The van der Waals surface area contributed by atoms with Gasteiger partial charge in [-0.25, -0.2) is 0 Å². The average molecular weight is 319 g/mol. The standard InChI is InChI=1S/C9H6INO2S/c1-5-2-6-3-7(10)8(11(12)13)4-9(6)14-5/h2-4H,1H3. The number of fused-ring (bicyclic) bond motifs is 1. The zero-order valence-corrected chi connectivity index (χ0v) is 10.3. The molecule has 0 aliphatic carbocycles. The Morgan fingerprint density at radius 2 is 2.14 bits per heavy atom. The molecule has 0 atom stereocenters. The minimum Gasteiger partial charge on any atom is -0.258 e. The number of thiophene rings is 1. The summed E-state index contributed by atoms with van der Waals surface area (Å²) in [6.45, 7) is 2.00. The second-order valence-electron chi connectivity index (χ2n) is 2.96. The molecule has 0 spiro atoms. The summed E-state index contributed by atoms with van der Waals surface area (Å²) >= 11 is 3.58. The van der Waals surface area contributed by atoms with E-state index in [4.69, 9.17) is 0 Å². The Hall–Kier alpha value is -0.690. The predicted molar refractivity (Wildman–Crippen MR) is 65.9 cm³/mol. The Balaban J connectivity index is 2.76. The van der Waals surface area contributed by atoms with E-state index >= 15 is 0 Å². The number of nitro groups is 1. The van der Waals surface area contributed by atoms with Gasteiger partial charge in [0.1, 0.15) is 0 Å². The molecule has 0 bridgehead atoms. The van der Waals surface area contributed by atoms with Crippen LogP contribution in [0.5, 0.6) is 0 Å². The van der Waals surface area contributed by atoms with Crippen LogP contribution in [-0.4, -0.2) is 4.92 Å². The molecule has 0 radical (unpaired) electrons. The third kappa shape index (κ3) is 1.61. The Morgan fingerprint density at radius 1 is 1.43 bits per heavy atom. The van der Waals surface area contributed by atoms with Gasteiger partial charge in [0, 0.05) is 15.6 Å². The first-order chi connectivity index (χ1) is 6.58. The highest BCUT2D eigenvalue weighted by Crippen LogP contribution is 2.32. The van der Waals surface area contributed by atoms with E-state index in [1.54, 1.807) is 17.4 Å². The lowest BCUT2D eigenvalue weighted by molar-refractivity contribution is -0.385. The number of halogens is 1. The quantitative estimate of drug-likeness (QED) is 0.457. The largest absolute Gasteiger partial charge is 0.284 e. The molecule has 1 aromatic carbocycles. The maximum absolute atomic E-state index is 10.7. The monoisotopic (exact) mass is 319 g/mol. The average Bonchev–Trinajstić information content (AvgIpc) is 2.42. The molecule has 1 aromatic heterocycles. The SMILES string of the molecule is Cc1cc2cc(I)c([N+](=O)[O-])cc2s1. The van der Waals surface area contributed by atoms with E-state index in [1.165, 1.54) is 4.88 Å². The Bertz CT molecular complexity index is 521. The number of hydrogen-bond acceptors (Lipinski definition) is 3. The van der Waals surface area contributed by atoms with Gasteiger partial charge in [-0.3, -0.25) is 10.1 Å². The van der Waals surface area contributed by atoms with Gasteiger partial charge < -0.3 is 0 Å². The van der Waals surface area contributed by atoms with Crippen LogP contribution in [0.1, 0.15) is 4.88 Å². The van der Waals surface area contributed by atoms with Crippen molar-refractivity contribution in [1.82, 2.24) is 0 Å². The molecule has 5 heteroatoms. The number of benzene rings is 1. The van der Waals surface area contributed by atoms with Crippen molar-refractivity contribution in [3.05, 3.63) is 36.8 Å². The van der Waals surface area contributed by atoms with Crippen molar-refractivity contribution in [3.8, 4) is 0 Å². The first-order valence-corrected chi connectivity index (χ1v) is 5.81. The second-order valence-corrected chi connectivity index (χ2v) is 5.41. The molecule has 2 rings (SSSR count). The molecule has 0 fully saturated rings. The predicted octanol–water partition coefficient (Wildman–Crippen LogP) is 3.72. The summed E-state index contributed by atoms with van der Waals surface area (Å²) < 4.78 is 1.67. The van der Waals surface area contributed by atoms with Crippen molar-refractivity contribution in [3.63, 3.8) is 0 Å². The molecule has 0 aliphatic heterocycles. The van der Waals surface area contributed by atoms with Crippen molar-refractivity contribution in [1.29, 1.82) is 0 Å². The second kappa shape index (κ2) is 3.47. The third-order valence-electron chi connectivity index (χ3n) is 1.91. The maximum atomic E-state index is 10.7. The number of hydrogen-bond donors (Lipinski definition) is 0. The molecule has 0 aliphatic rings. The van der Waals surface area contributed by atoms with Crippen LogP contribution in [0.25, 0.3) is 10.1 Å². The number of nitro benzene ring substituents is 1. The lowest BCUT2D eigenvalue weighted by Gasteiger charge is -1.94. The van der Waals surface area contributed by atoms with Gasteiger partial charge in [-0.2, -0.15) is 0 Å². The molecule has 2 aromatic rings. The first-order valence-electron chi connectivity index (χ1n) is 3.92. The molecule has 72 valence electrons. The number of rotatable bonds is 1. The smallest absolute Gasteiger partial charge is 0.258 e. The van der Waals surface area contributed by atoms with Crippen molar-refractivity contribution in [2.75, 3.05) is 0 Å². The summed E-state index contributed by atoms with van der Waals surface area (Å²) in [5.41, 5.74) is 0.194. The first kappa shape index (κ1) is 9.85. The normalized spacial score (nSPS) is 10.7. The van der Waals surface area contributed by atoms with Gasteiger partial charge in [0.2, 0.25) is 0 Å². The van der Waals surface area contributed by atoms with E-state index in [0.29, 0.717) is 3.57 Å². The molecule has 0 saturated carbocycles. The van der Waals surface area contributed by atoms with Gasteiger partial charge in [0.05, 0.1) is 8.49 Å². The van der Waals surface area contributed by atoms with Crippen LogP contribution in [0.15, 0.2) is 18.2 Å². The molecule has 0 amide bonds. The Kier molecular flexibility index (Phi) is 2.44. The fourth-order valence-electron chi connectivity index (χ4n) is 1.32. The van der Waals surface area contributed by atoms with Gasteiger partial charge in [0.25, 0.3) is 5.69 Å². The van der Waals surface area contributed by atoms with Crippen LogP contribution in [-0.2, 0) is 0 Å². The number of aryl methyl sites for hydroxylation is 1. The van der Waals surface area contributed by atoms with E-state index in [2.05, 4.69) is 0 Å². The van der Waals surface area contributed by atoms with E-state index in [0.717, 1.165) is 10.1 Å². The van der Waals surface area contributed by atoms with Crippen LogP contribution in [0.2, 0.25) is 0 Å². The fraction of sp³-hybridized carbons (Fsp3) is 0.111. The van der Waals surface area contributed by atoms with E-state index in [-0.39, 0.29) is 10.6 Å². The van der Waals surface area contributed by atoms with E-state index in [1.807, 2.05) is 41.6 Å². The zero-order chi connectivity index (χ0) is 10.3. The van der Waals surface area contributed by atoms with Crippen LogP contribution >= 0.6 is 33.9 Å². The van der Waals surface area contributed by atoms with Gasteiger partial charge in [-0.15, -0.1) is 11.3 Å². The van der Waals surface area contributed by atoms with E-state index in [9.17, 15) is 10.1 Å². The zero-order valence-electron chi connectivity index (χ0n) is 7.28. The van der Waals surface area contributed by atoms with Crippen LogP contribution in [0, 0.1) is 20.6 Å². The Morgan fingerprint density at radius 3 is 2.79 bits per heavy atom. The van der Waals surface area contributed by atoms with Gasteiger partial charge in [-0.05, 0) is 47.0 Å². The van der Waals surface area contributed by atoms with Crippen LogP contribution in [0.4, 0.5) is 5.69 Å². The molecule has 14 heavy (non-hydrogen) atoms. The molecule has 1 heterocycles. The Labute approximate surface area is 98.0 Å². The summed E-state index contributed by atoms with van der Waals surface area (Å²) in [5, 5.41) is 11.8. The van der Waals surface area contributed by atoms with Gasteiger partial charge >= 0.3 is 0 Å². The highest BCUT2D eigenvalue weighted by molar-refractivity contribution is 14.1. The summed E-state index contributed by atoms with van der Waals surface area (Å²) in [7, 11) is 0. The van der Waals surface area contributed by atoms with Gasteiger partial charge in [0.15, 0.2) is 0 Å². The summed E-state index contributed by atoms with van der Waals surface area (Å²) in [6.07, 6.45) is 0. The molecule has 0 N–H and O–H groups in total.